The zero-order valence-corrected chi connectivity index (χ0v) is 6.49. The van der Waals surface area contributed by atoms with Gasteiger partial charge in [-0.3, -0.25) is 0 Å². The molecule has 0 aliphatic carbocycles. The van der Waals surface area contributed by atoms with Crippen molar-refractivity contribution in [1.82, 2.24) is 0 Å². The second-order valence-corrected chi connectivity index (χ2v) is 3.32. The van der Waals surface area contributed by atoms with Gasteiger partial charge in [0.2, 0.25) is 0 Å². The van der Waals surface area contributed by atoms with Crippen LogP contribution in [0.1, 0.15) is 19.8 Å². The average Bonchev–Trinajstić information content (AvgIpc) is 2.34. The molecule has 1 aliphatic heterocycles. The SMILES string of the molecule is CC=COC1CCCS1. The third-order valence-corrected chi connectivity index (χ3v) is 2.50. The minimum absolute atomic E-state index is 0.446. The Balaban J connectivity index is 2.11. The van der Waals surface area contributed by atoms with Gasteiger partial charge in [0.1, 0.15) is 5.44 Å². The van der Waals surface area contributed by atoms with Gasteiger partial charge in [-0.25, -0.2) is 0 Å². The van der Waals surface area contributed by atoms with E-state index in [1.54, 1.807) is 6.26 Å². The van der Waals surface area contributed by atoms with Crippen molar-refractivity contribution in [3.63, 3.8) is 0 Å². The second-order valence-electron chi connectivity index (χ2n) is 2.05. The zero-order valence-electron chi connectivity index (χ0n) is 5.67. The van der Waals surface area contributed by atoms with Crippen LogP contribution in [-0.4, -0.2) is 11.2 Å². The van der Waals surface area contributed by atoms with Crippen LogP contribution in [0.3, 0.4) is 0 Å². The summed E-state index contributed by atoms with van der Waals surface area (Å²) in [7, 11) is 0. The average molecular weight is 144 g/mol. The van der Waals surface area contributed by atoms with E-state index in [9.17, 15) is 0 Å². The van der Waals surface area contributed by atoms with E-state index in [-0.39, 0.29) is 0 Å². The molecule has 1 fully saturated rings. The van der Waals surface area contributed by atoms with E-state index in [2.05, 4.69) is 0 Å². The number of hydrogen-bond donors (Lipinski definition) is 0. The van der Waals surface area contributed by atoms with E-state index in [4.69, 9.17) is 4.74 Å². The number of ether oxygens (including phenoxy) is 1. The van der Waals surface area contributed by atoms with Crippen LogP contribution < -0.4 is 0 Å². The lowest BCUT2D eigenvalue weighted by molar-refractivity contribution is 0.219. The number of rotatable bonds is 2. The van der Waals surface area contributed by atoms with Gasteiger partial charge < -0.3 is 4.74 Å². The molecule has 0 saturated carbocycles. The van der Waals surface area contributed by atoms with Crippen molar-refractivity contribution in [3.8, 4) is 0 Å². The van der Waals surface area contributed by atoms with Crippen molar-refractivity contribution in [2.24, 2.45) is 0 Å². The minimum atomic E-state index is 0.446. The van der Waals surface area contributed by atoms with Crippen molar-refractivity contribution >= 4 is 11.8 Å². The monoisotopic (exact) mass is 144 g/mol. The van der Waals surface area contributed by atoms with E-state index in [0.29, 0.717) is 5.44 Å². The predicted molar refractivity (Wildman–Crippen MR) is 41.4 cm³/mol. The minimum Gasteiger partial charge on any atom is -0.488 e. The molecule has 0 radical (unpaired) electrons. The first-order valence-corrected chi connectivity index (χ1v) is 4.36. The summed E-state index contributed by atoms with van der Waals surface area (Å²) >= 11 is 1.91. The molecule has 9 heavy (non-hydrogen) atoms. The summed E-state index contributed by atoms with van der Waals surface area (Å²) in [5.74, 6) is 1.27. The Bertz CT molecular complexity index is 95.1. The molecule has 1 heterocycles. The van der Waals surface area contributed by atoms with Crippen molar-refractivity contribution in [2.75, 3.05) is 5.75 Å². The van der Waals surface area contributed by atoms with Crippen LogP contribution in [-0.2, 0) is 4.74 Å². The third-order valence-electron chi connectivity index (χ3n) is 1.25. The van der Waals surface area contributed by atoms with Crippen LogP contribution in [0, 0.1) is 0 Å². The highest BCUT2D eigenvalue weighted by Gasteiger charge is 2.14. The van der Waals surface area contributed by atoms with Crippen molar-refractivity contribution in [2.45, 2.75) is 25.2 Å². The fourth-order valence-electron chi connectivity index (χ4n) is 0.822. The quantitative estimate of drug-likeness (QED) is 0.550. The topological polar surface area (TPSA) is 9.23 Å². The normalized spacial score (nSPS) is 27.4. The van der Waals surface area contributed by atoms with Crippen LogP contribution in [0.2, 0.25) is 0 Å². The first-order valence-electron chi connectivity index (χ1n) is 3.31. The molecule has 0 aromatic heterocycles. The standard InChI is InChI=1S/C7H12OS/c1-2-5-8-7-4-3-6-9-7/h2,5,7H,3-4,6H2,1H3. The van der Waals surface area contributed by atoms with Gasteiger partial charge in [-0.2, -0.15) is 0 Å². The van der Waals surface area contributed by atoms with E-state index < -0.39 is 0 Å². The second kappa shape index (κ2) is 3.83. The number of thioether (sulfide) groups is 1. The molecule has 0 spiro atoms. The molecule has 1 rings (SSSR count). The Kier molecular flexibility index (Phi) is 2.98. The summed E-state index contributed by atoms with van der Waals surface area (Å²) in [6.07, 6.45) is 6.24. The van der Waals surface area contributed by atoms with Gasteiger partial charge in [0.25, 0.3) is 0 Å². The summed E-state index contributed by atoms with van der Waals surface area (Å²) in [5.41, 5.74) is 0.446. The molecule has 1 unspecified atom stereocenters. The highest BCUT2D eigenvalue weighted by atomic mass is 32.2. The zero-order chi connectivity index (χ0) is 6.53. The molecule has 1 aliphatic rings. The molecule has 0 aromatic carbocycles. The van der Waals surface area contributed by atoms with Crippen molar-refractivity contribution in [1.29, 1.82) is 0 Å². The number of hydrogen-bond acceptors (Lipinski definition) is 2. The Hall–Kier alpha value is -0.110. The van der Waals surface area contributed by atoms with E-state index in [1.165, 1.54) is 18.6 Å². The van der Waals surface area contributed by atoms with Crippen molar-refractivity contribution in [3.05, 3.63) is 12.3 Å². The van der Waals surface area contributed by atoms with Gasteiger partial charge in [-0.05, 0) is 25.5 Å². The maximum atomic E-state index is 5.33. The van der Waals surface area contributed by atoms with Crippen LogP contribution in [0.15, 0.2) is 12.3 Å². The molecule has 52 valence electrons. The Morgan fingerprint density at radius 1 is 1.67 bits per heavy atom. The fourth-order valence-corrected chi connectivity index (χ4v) is 1.89. The van der Waals surface area contributed by atoms with Crippen LogP contribution in [0.4, 0.5) is 0 Å². The Morgan fingerprint density at radius 3 is 3.11 bits per heavy atom. The number of allylic oxidation sites excluding steroid dienone is 1. The Labute approximate surface area is 60.5 Å². The molecule has 1 atom stereocenters. The molecule has 0 N–H and O–H groups in total. The predicted octanol–water partition coefficient (Wildman–Crippen LogP) is 2.39. The summed E-state index contributed by atoms with van der Waals surface area (Å²) in [6, 6.07) is 0. The molecule has 0 bridgehead atoms. The van der Waals surface area contributed by atoms with Gasteiger partial charge in [0.15, 0.2) is 0 Å². The van der Waals surface area contributed by atoms with Gasteiger partial charge in [-0.1, -0.05) is 6.08 Å². The Morgan fingerprint density at radius 2 is 2.56 bits per heavy atom. The molecular weight excluding hydrogens is 132 g/mol. The van der Waals surface area contributed by atoms with Crippen LogP contribution in [0.25, 0.3) is 0 Å². The van der Waals surface area contributed by atoms with E-state index in [0.717, 1.165) is 0 Å². The van der Waals surface area contributed by atoms with Gasteiger partial charge in [0, 0.05) is 0 Å². The maximum absolute atomic E-state index is 5.33. The third kappa shape index (κ3) is 2.31. The molecule has 0 amide bonds. The lowest BCUT2D eigenvalue weighted by Gasteiger charge is -2.05. The summed E-state index contributed by atoms with van der Waals surface area (Å²) in [6.45, 7) is 1.97. The van der Waals surface area contributed by atoms with E-state index in [1.807, 2.05) is 24.8 Å². The fraction of sp³-hybridized carbons (Fsp3) is 0.714. The molecule has 1 saturated heterocycles. The largest absolute Gasteiger partial charge is 0.488 e. The van der Waals surface area contributed by atoms with Gasteiger partial charge in [0.05, 0.1) is 6.26 Å². The van der Waals surface area contributed by atoms with Crippen molar-refractivity contribution < 1.29 is 4.74 Å². The molecule has 2 heteroatoms. The first-order chi connectivity index (χ1) is 4.43. The molecule has 0 aromatic rings. The van der Waals surface area contributed by atoms with Crippen LogP contribution in [0.5, 0.6) is 0 Å². The smallest absolute Gasteiger partial charge is 0.143 e. The molecule has 1 nitrogen and oxygen atoms in total. The highest BCUT2D eigenvalue weighted by Crippen LogP contribution is 2.26. The van der Waals surface area contributed by atoms with E-state index >= 15 is 0 Å². The lowest BCUT2D eigenvalue weighted by Crippen LogP contribution is -1.96. The summed E-state index contributed by atoms with van der Waals surface area (Å²) < 4.78 is 5.33. The highest BCUT2D eigenvalue weighted by molar-refractivity contribution is 8.00. The van der Waals surface area contributed by atoms with Gasteiger partial charge >= 0.3 is 0 Å². The van der Waals surface area contributed by atoms with Crippen LogP contribution >= 0.6 is 11.8 Å². The lowest BCUT2D eigenvalue weighted by atomic mass is 10.4. The maximum Gasteiger partial charge on any atom is 0.143 e. The first kappa shape index (κ1) is 7.00. The summed E-state index contributed by atoms with van der Waals surface area (Å²) in [4.78, 5) is 0. The molecular formula is C7H12OS. The van der Waals surface area contributed by atoms with Gasteiger partial charge in [-0.15, -0.1) is 11.8 Å². The summed E-state index contributed by atoms with van der Waals surface area (Å²) in [5, 5.41) is 0.